The summed E-state index contributed by atoms with van der Waals surface area (Å²) in [7, 11) is 1.90. The standard InChI is InChI=1S/C11H13N3/c1-13-6-8-7-14-10-5-3-2-4-9(10)11(8)12/h2-5,7,13H,6H2,1H3,(H2,12,14). The second-order valence-corrected chi connectivity index (χ2v) is 3.24. The summed E-state index contributed by atoms with van der Waals surface area (Å²) >= 11 is 0. The first-order chi connectivity index (χ1) is 6.83. The van der Waals surface area contributed by atoms with Crippen LogP contribution >= 0.6 is 0 Å². The first-order valence-electron chi connectivity index (χ1n) is 4.59. The largest absolute Gasteiger partial charge is 0.398 e. The Morgan fingerprint density at radius 2 is 2.14 bits per heavy atom. The number of anilines is 1. The minimum absolute atomic E-state index is 0.754. The van der Waals surface area contributed by atoms with Crippen LogP contribution in [0.4, 0.5) is 5.69 Å². The third-order valence-corrected chi connectivity index (χ3v) is 2.27. The van der Waals surface area contributed by atoms with Crippen molar-refractivity contribution in [2.24, 2.45) is 0 Å². The van der Waals surface area contributed by atoms with Crippen molar-refractivity contribution < 1.29 is 0 Å². The van der Waals surface area contributed by atoms with Crippen LogP contribution in [0, 0.1) is 0 Å². The van der Waals surface area contributed by atoms with Gasteiger partial charge >= 0.3 is 0 Å². The van der Waals surface area contributed by atoms with E-state index in [0.717, 1.165) is 28.7 Å². The predicted molar refractivity (Wildman–Crippen MR) is 58.9 cm³/mol. The minimum Gasteiger partial charge on any atom is -0.398 e. The predicted octanol–water partition coefficient (Wildman–Crippen LogP) is 1.54. The van der Waals surface area contributed by atoms with E-state index < -0.39 is 0 Å². The third kappa shape index (κ3) is 1.42. The summed E-state index contributed by atoms with van der Waals surface area (Å²) in [6.45, 7) is 0.754. The Hall–Kier alpha value is -1.61. The third-order valence-electron chi connectivity index (χ3n) is 2.27. The topological polar surface area (TPSA) is 50.9 Å². The number of pyridine rings is 1. The fraction of sp³-hybridized carbons (Fsp3) is 0.182. The minimum atomic E-state index is 0.754. The molecule has 0 aliphatic heterocycles. The van der Waals surface area contributed by atoms with E-state index in [1.54, 1.807) is 0 Å². The summed E-state index contributed by atoms with van der Waals surface area (Å²) in [5.41, 5.74) is 8.85. The summed E-state index contributed by atoms with van der Waals surface area (Å²) in [6, 6.07) is 7.90. The summed E-state index contributed by atoms with van der Waals surface area (Å²) in [5, 5.41) is 4.10. The molecule has 1 aromatic carbocycles. The molecule has 0 aliphatic rings. The van der Waals surface area contributed by atoms with Gasteiger partial charge in [-0.25, -0.2) is 0 Å². The highest BCUT2D eigenvalue weighted by atomic mass is 14.8. The lowest BCUT2D eigenvalue weighted by Crippen LogP contribution is -2.08. The highest BCUT2D eigenvalue weighted by Crippen LogP contribution is 2.22. The zero-order valence-electron chi connectivity index (χ0n) is 8.12. The maximum absolute atomic E-state index is 6.03. The highest BCUT2D eigenvalue weighted by molar-refractivity contribution is 5.91. The Bertz CT molecular complexity index is 451. The number of nitrogens with zero attached hydrogens (tertiary/aromatic N) is 1. The number of fused-ring (bicyclic) bond motifs is 1. The molecule has 2 aromatic rings. The fourth-order valence-corrected chi connectivity index (χ4v) is 1.54. The maximum Gasteiger partial charge on any atom is 0.0722 e. The van der Waals surface area contributed by atoms with Gasteiger partial charge in [0.15, 0.2) is 0 Å². The van der Waals surface area contributed by atoms with E-state index in [1.807, 2.05) is 37.5 Å². The molecular formula is C11H13N3. The number of hydrogen-bond acceptors (Lipinski definition) is 3. The van der Waals surface area contributed by atoms with Crippen LogP contribution in [0.2, 0.25) is 0 Å². The maximum atomic E-state index is 6.03. The zero-order valence-corrected chi connectivity index (χ0v) is 8.12. The summed E-state index contributed by atoms with van der Waals surface area (Å²) < 4.78 is 0. The van der Waals surface area contributed by atoms with Gasteiger partial charge in [0.1, 0.15) is 0 Å². The van der Waals surface area contributed by atoms with Gasteiger partial charge in [-0.2, -0.15) is 0 Å². The van der Waals surface area contributed by atoms with Crippen LogP contribution < -0.4 is 11.1 Å². The number of aromatic nitrogens is 1. The van der Waals surface area contributed by atoms with Crippen LogP contribution in [0.5, 0.6) is 0 Å². The number of benzene rings is 1. The van der Waals surface area contributed by atoms with Crippen molar-refractivity contribution in [2.75, 3.05) is 12.8 Å². The van der Waals surface area contributed by atoms with Crippen molar-refractivity contribution in [2.45, 2.75) is 6.54 Å². The molecule has 2 rings (SSSR count). The highest BCUT2D eigenvalue weighted by Gasteiger charge is 2.03. The Labute approximate surface area is 83.0 Å². The molecule has 0 fully saturated rings. The molecule has 3 heteroatoms. The monoisotopic (exact) mass is 187 g/mol. The molecule has 0 atom stereocenters. The second-order valence-electron chi connectivity index (χ2n) is 3.24. The van der Waals surface area contributed by atoms with Crippen LogP contribution in [0.1, 0.15) is 5.56 Å². The van der Waals surface area contributed by atoms with Crippen molar-refractivity contribution in [1.29, 1.82) is 0 Å². The van der Waals surface area contributed by atoms with Gasteiger partial charge in [0, 0.05) is 29.4 Å². The fourth-order valence-electron chi connectivity index (χ4n) is 1.54. The van der Waals surface area contributed by atoms with Gasteiger partial charge in [-0.15, -0.1) is 0 Å². The van der Waals surface area contributed by atoms with Gasteiger partial charge in [-0.3, -0.25) is 4.98 Å². The molecule has 3 N–H and O–H groups in total. The zero-order chi connectivity index (χ0) is 9.97. The normalized spacial score (nSPS) is 10.6. The van der Waals surface area contributed by atoms with Crippen LogP contribution in [-0.2, 0) is 6.54 Å². The van der Waals surface area contributed by atoms with Crippen molar-refractivity contribution in [1.82, 2.24) is 10.3 Å². The molecule has 72 valence electrons. The number of rotatable bonds is 2. The molecule has 0 aliphatic carbocycles. The lowest BCUT2D eigenvalue weighted by molar-refractivity contribution is 0.817. The molecule has 1 aromatic heterocycles. The molecule has 3 nitrogen and oxygen atoms in total. The van der Waals surface area contributed by atoms with E-state index in [-0.39, 0.29) is 0 Å². The number of nitrogens with two attached hydrogens (primary N) is 1. The molecule has 0 spiro atoms. The van der Waals surface area contributed by atoms with E-state index >= 15 is 0 Å². The quantitative estimate of drug-likeness (QED) is 0.749. The summed E-state index contributed by atoms with van der Waals surface area (Å²) in [5.74, 6) is 0. The van der Waals surface area contributed by atoms with E-state index in [0.29, 0.717) is 0 Å². The van der Waals surface area contributed by atoms with Gasteiger partial charge < -0.3 is 11.1 Å². The SMILES string of the molecule is CNCc1cnc2ccccc2c1N. The average molecular weight is 187 g/mol. The average Bonchev–Trinajstić information content (AvgIpc) is 2.23. The Morgan fingerprint density at radius 1 is 1.36 bits per heavy atom. The number of nitrogens with one attached hydrogen (secondary N) is 1. The molecular weight excluding hydrogens is 174 g/mol. The lowest BCUT2D eigenvalue weighted by Gasteiger charge is -2.07. The molecule has 0 bridgehead atoms. The molecule has 1 heterocycles. The van der Waals surface area contributed by atoms with Gasteiger partial charge in [-0.05, 0) is 13.1 Å². The lowest BCUT2D eigenvalue weighted by atomic mass is 10.1. The first kappa shape index (κ1) is 8.97. The number of hydrogen-bond donors (Lipinski definition) is 2. The molecule has 0 amide bonds. The summed E-state index contributed by atoms with van der Waals surface area (Å²) in [4.78, 5) is 4.34. The smallest absolute Gasteiger partial charge is 0.0722 e. The molecule has 0 saturated carbocycles. The Balaban J connectivity index is 2.63. The molecule has 0 radical (unpaired) electrons. The van der Waals surface area contributed by atoms with Crippen LogP contribution in [0.15, 0.2) is 30.5 Å². The van der Waals surface area contributed by atoms with Crippen molar-refractivity contribution in [3.63, 3.8) is 0 Å². The van der Waals surface area contributed by atoms with E-state index in [9.17, 15) is 0 Å². The van der Waals surface area contributed by atoms with Crippen LogP contribution in [0.25, 0.3) is 10.9 Å². The van der Waals surface area contributed by atoms with E-state index in [1.165, 1.54) is 0 Å². The van der Waals surface area contributed by atoms with Crippen molar-refractivity contribution in [3.05, 3.63) is 36.0 Å². The van der Waals surface area contributed by atoms with Crippen molar-refractivity contribution >= 4 is 16.6 Å². The molecule has 0 unspecified atom stereocenters. The Kier molecular flexibility index (Phi) is 2.33. The second kappa shape index (κ2) is 3.64. The number of nitrogen functional groups attached to an aromatic ring is 1. The number of para-hydroxylation sites is 1. The van der Waals surface area contributed by atoms with E-state index in [2.05, 4.69) is 10.3 Å². The summed E-state index contributed by atoms with van der Waals surface area (Å²) in [6.07, 6.45) is 1.83. The van der Waals surface area contributed by atoms with Gasteiger partial charge in [-0.1, -0.05) is 18.2 Å². The molecule has 0 saturated heterocycles. The molecule has 14 heavy (non-hydrogen) atoms. The van der Waals surface area contributed by atoms with Gasteiger partial charge in [0.25, 0.3) is 0 Å². The van der Waals surface area contributed by atoms with Crippen LogP contribution in [0.3, 0.4) is 0 Å². The van der Waals surface area contributed by atoms with E-state index in [4.69, 9.17) is 5.73 Å². The van der Waals surface area contributed by atoms with Gasteiger partial charge in [0.05, 0.1) is 5.52 Å². The van der Waals surface area contributed by atoms with Crippen LogP contribution in [-0.4, -0.2) is 12.0 Å². The van der Waals surface area contributed by atoms with Gasteiger partial charge in [0.2, 0.25) is 0 Å². The van der Waals surface area contributed by atoms with Crippen molar-refractivity contribution in [3.8, 4) is 0 Å². The first-order valence-corrected chi connectivity index (χ1v) is 4.59. The Morgan fingerprint density at radius 3 is 2.93 bits per heavy atom.